The van der Waals surface area contributed by atoms with Crippen molar-refractivity contribution in [3.8, 4) is 0 Å². The van der Waals surface area contributed by atoms with E-state index in [-0.39, 0.29) is 17.2 Å². The summed E-state index contributed by atoms with van der Waals surface area (Å²) in [5, 5.41) is 11.7. The number of hydrogen-bond donors (Lipinski definition) is 2. The zero-order valence-electron chi connectivity index (χ0n) is 11.1. The molecule has 0 unspecified atom stereocenters. The van der Waals surface area contributed by atoms with E-state index in [4.69, 9.17) is 5.11 Å². The zero-order chi connectivity index (χ0) is 15.4. The number of anilines is 1. The standard InChI is InChI=1S/C15H12BrNO3S/c1-9-2-4-11(21-9)5-7-14(18)17-13-8-10(16)3-6-12(13)15(19)20/h2-8H,1H3,(H,17,18)(H,19,20). The van der Waals surface area contributed by atoms with Gasteiger partial charge in [0.05, 0.1) is 11.3 Å². The van der Waals surface area contributed by atoms with Gasteiger partial charge in [-0.05, 0) is 43.3 Å². The molecular weight excluding hydrogens is 354 g/mol. The lowest BCUT2D eigenvalue weighted by Gasteiger charge is -2.07. The number of thiophene rings is 1. The van der Waals surface area contributed by atoms with Crippen molar-refractivity contribution in [1.29, 1.82) is 0 Å². The number of hydrogen-bond acceptors (Lipinski definition) is 3. The van der Waals surface area contributed by atoms with Crippen molar-refractivity contribution < 1.29 is 14.7 Å². The van der Waals surface area contributed by atoms with Gasteiger partial charge in [0.25, 0.3) is 0 Å². The third-order valence-corrected chi connectivity index (χ3v) is 4.09. The molecule has 0 aliphatic carbocycles. The molecule has 1 amide bonds. The molecule has 0 spiro atoms. The summed E-state index contributed by atoms with van der Waals surface area (Å²) < 4.78 is 0.695. The van der Waals surface area contributed by atoms with Crippen LogP contribution in [0.1, 0.15) is 20.1 Å². The highest BCUT2D eigenvalue weighted by Crippen LogP contribution is 2.22. The van der Waals surface area contributed by atoms with Gasteiger partial charge in [0, 0.05) is 20.3 Å². The average Bonchev–Trinajstić information content (AvgIpc) is 2.82. The molecule has 1 heterocycles. The summed E-state index contributed by atoms with van der Waals surface area (Å²) in [6.45, 7) is 1.99. The van der Waals surface area contributed by atoms with Crippen molar-refractivity contribution in [2.45, 2.75) is 6.92 Å². The lowest BCUT2D eigenvalue weighted by atomic mass is 10.2. The number of carbonyl (C=O) groups excluding carboxylic acids is 1. The molecule has 0 saturated heterocycles. The Hall–Kier alpha value is -1.92. The summed E-state index contributed by atoms with van der Waals surface area (Å²) in [5.74, 6) is -1.46. The first-order valence-electron chi connectivity index (χ1n) is 6.04. The second kappa shape index (κ2) is 6.69. The van der Waals surface area contributed by atoms with Gasteiger partial charge in [-0.1, -0.05) is 15.9 Å². The lowest BCUT2D eigenvalue weighted by Crippen LogP contribution is -2.12. The normalized spacial score (nSPS) is 10.8. The maximum atomic E-state index is 11.9. The predicted octanol–water partition coefficient (Wildman–Crippen LogP) is 4.17. The first-order valence-corrected chi connectivity index (χ1v) is 7.65. The van der Waals surface area contributed by atoms with Gasteiger partial charge >= 0.3 is 5.97 Å². The van der Waals surface area contributed by atoms with Crippen LogP contribution < -0.4 is 5.32 Å². The van der Waals surface area contributed by atoms with Crippen molar-refractivity contribution >= 4 is 50.9 Å². The topological polar surface area (TPSA) is 66.4 Å². The minimum atomic E-state index is -1.09. The second-order valence-electron chi connectivity index (χ2n) is 4.27. The van der Waals surface area contributed by atoms with E-state index in [0.717, 1.165) is 9.75 Å². The molecule has 0 fully saturated rings. The van der Waals surface area contributed by atoms with E-state index in [1.807, 2.05) is 19.1 Å². The van der Waals surface area contributed by atoms with Crippen LogP contribution in [0.25, 0.3) is 6.08 Å². The fraction of sp³-hybridized carbons (Fsp3) is 0.0667. The predicted molar refractivity (Wildman–Crippen MR) is 87.8 cm³/mol. The van der Waals surface area contributed by atoms with E-state index < -0.39 is 5.97 Å². The molecule has 0 bridgehead atoms. The third-order valence-electron chi connectivity index (χ3n) is 2.63. The number of carboxylic acid groups (broad SMARTS) is 1. The molecule has 4 nitrogen and oxygen atoms in total. The van der Waals surface area contributed by atoms with Crippen LogP contribution in [0.5, 0.6) is 0 Å². The molecule has 0 aliphatic heterocycles. The number of halogens is 1. The number of rotatable bonds is 4. The molecule has 0 aliphatic rings. The van der Waals surface area contributed by atoms with Gasteiger partial charge in [0.15, 0.2) is 0 Å². The van der Waals surface area contributed by atoms with Crippen LogP contribution in [0.2, 0.25) is 0 Å². The van der Waals surface area contributed by atoms with Gasteiger partial charge < -0.3 is 10.4 Å². The molecule has 0 atom stereocenters. The van der Waals surface area contributed by atoms with Gasteiger partial charge in [-0.2, -0.15) is 0 Å². The monoisotopic (exact) mass is 365 g/mol. The Kier molecular flexibility index (Phi) is 4.93. The van der Waals surface area contributed by atoms with Gasteiger partial charge in [-0.3, -0.25) is 4.79 Å². The van der Waals surface area contributed by atoms with Gasteiger partial charge in [0.1, 0.15) is 0 Å². The summed E-state index contributed by atoms with van der Waals surface area (Å²) in [6, 6.07) is 8.51. The molecule has 2 aromatic rings. The van der Waals surface area contributed by atoms with Gasteiger partial charge in [-0.25, -0.2) is 4.79 Å². The Balaban J connectivity index is 2.14. The number of benzene rings is 1. The Morgan fingerprint density at radius 2 is 2.05 bits per heavy atom. The minimum Gasteiger partial charge on any atom is -0.478 e. The number of aryl methyl sites for hydroxylation is 1. The quantitative estimate of drug-likeness (QED) is 0.799. The van der Waals surface area contributed by atoms with E-state index in [1.165, 1.54) is 12.1 Å². The number of amides is 1. The zero-order valence-corrected chi connectivity index (χ0v) is 13.5. The lowest BCUT2D eigenvalue weighted by molar-refractivity contribution is -0.111. The highest BCUT2D eigenvalue weighted by atomic mass is 79.9. The van der Waals surface area contributed by atoms with Crippen LogP contribution in [0.3, 0.4) is 0 Å². The molecular formula is C15H12BrNO3S. The second-order valence-corrected chi connectivity index (χ2v) is 6.50. The largest absolute Gasteiger partial charge is 0.478 e. The van der Waals surface area contributed by atoms with Crippen molar-refractivity contribution in [1.82, 2.24) is 0 Å². The molecule has 0 radical (unpaired) electrons. The molecule has 6 heteroatoms. The molecule has 1 aromatic carbocycles. The first kappa shape index (κ1) is 15.5. The smallest absolute Gasteiger partial charge is 0.337 e. The number of aromatic carboxylic acids is 1. The number of nitrogens with one attached hydrogen (secondary N) is 1. The minimum absolute atomic E-state index is 0.0481. The van der Waals surface area contributed by atoms with Crippen LogP contribution >= 0.6 is 27.3 Å². The highest BCUT2D eigenvalue weighted by Gasteiger charge is 2.11. The summed E-state index contributed by atoms with van der Waals surface area (Å²) in [4.78, 5) is 25.1. The Morgan fingerprint density at radius 1 is 1.29 bits per heavy atom. The maximum absolute atomic E-state index is 11.9. The highest BCUT2D eigenvalue weighted by molar-refractivity contribution is 9.10. The Morgan fingerprint density at radius 3 is 2.67 bits per heavy atom. The molecule has 0 saturated carbocycles. The van der Waals surface area contributed by atoms with Crippen LogP contribution in [-0.2, 0) is 4.79 Å². The summed E-state index contributed by atoms with van der Waals surface area (Å²) in [6.07, 6.45) is 3.09. The van der Waals surface area contributed by atoms with E-state index in [1.54, 1.807) is 29.5 Å². The van der Waals surface area contributed by atoms with E-state index in [9.17, 15) is 9.59 Å². The van der Waals surface area contributed by atoms with Crippen LogP contribution in [0.15, 0.2) is 40.9 Å². The summed E-state index contributed by atoms with van der Waals surface area (Å²) >= 11 is 4.83. The third kappa shape index (κ3) is 4.27. The number of carboxylic acids is 1. The fourth-order valence-electron chi connectivity index (χ4n) is 1.68. The van der Waals surface area contributed by atoms with E-state index in [0.29, 0.717) is 4.47 Å². The van der Waals surface area contributed by atoms with Crippen molar-refractivity contribution in [3.63, 3.8) is 0 Å². The van der Waals surface area contributed by atoms with Crippen LogP contribution in [0, 0.1) is 6.92 Å². The summed E-state index contributed by atoms with van der Waals surface area (Å²) in [5.41, 5.74) is 0.306. The maximum Gasteiger partial charge on any atom is 0.337 e. The molecule has 2 N–H and O–H groups in total. The van der Waals surface area contributed by atoms with Crippen molar-refractivity contribution in [2.75, 3.05) is 5.32 Å². The SMILES string of the molecule is Cc1ccc(C=CC(=O)Nc2cc(Br)ccc2C(=O)O)s1. The van der Waals surface area contributed by atoms with Gasteiger partial charge in [-0.15, -0.1) is 11.3 Å². The van der Waals surface area contributed by atoms with Crippen molar-refractivity contribution in [3.05, 3.63) is 56.2 Å². The van der Waals surface area contributed by atoms with E-state index >= 15 is 0 Å². The first-order chi connectivity index (χ1) is 9.95. The van der Waals surface area contributed by atoms with Gasteiger partial charge in [0.2, 0.25) is 5.91 Å². The van der Waals surface area contributed by atoms with E-state index in [2.05, 4.69) is 21.2 Å². The fourth-order valence-corrected chi connectivity index (χ4v) is 2.82. The van der Waals surface area contributed by atoms with Crippen LogP contribution in [0.4, 0.5) is 5.69 Å². The van der Waals surface area contributed by atoms with Crippen molar-refractivity contribution in [2.24, 2.45) is 0 Å². The Bertz CT molecular complexity index is 721. The van der Waals surface area contributed by atoms with Crippen LogP contribution in [-0.4, -0.2) is 17.0 Å². The average molecular weight is 366 g/mol. The Labute approximate surface area is 134 Å². The molecule has 21 heavy (non-hydrogen) atoms. The summed E-state index contributed by atoms with van der Waals surface area (Å²) in [7, 11) is 0. The number of carbonyl (C=O) groups is 2. The molecule has 108 valence electrons. The molecule has 2 rings (SSSR count). The molecule has 1 aromatic heterocycles.